The summed E-state index contributed by atoms with van der Waals surface area (Å²) >= 11 is 0. The molecule has 3 N–H and O–H groups in total. The maximum Gasteiger partial charge on any atom is 0.407 e. The van der Waals surface area contributed by atoms with E-state index in [9.17, 15) is 15.0 Å². The summed E-state index contributed by atoms with van der Waals surface area (Å²) in [5.74, 6) is 1.46. The first-order chi connectivity index (χ1) is 15.8. The number of aliphatic hydroxyl groups excluding tert-OH is 1. The number of methoxy groups -OCH3 is 3. The van der Waals surface area contributed by atoms with Crippen molar-refractivity contribution < 1.29 is 29.2 Å². The van der Waals surface area contributed by atoms with Gasteiger partial charge in [0.15, 0.2) is 17.1 Å². The zero-order valence-corrected chi connectivity index (χ0v) is 19.1. The van der Waals surface area contributed by atoms with Gasteiger partial charge in [0, 0.05) is 35.8 Å². The maximum atomic E-state index is 11.5. The summed E-state index contributed by atoms with van der Waals surface area (Å²) in [5.41, 5.74) is 2.28. The van der Waals surface area contributed by atoms with E-state index in [1.165, 1.54) is 12.0 Å². The smallest absolute Gasteiger partial charge is 0.407 e. The molecule has 1 aliphatic rings. The van der Waals surface area contributed by atoms with Crippen molar-refractivity contribution in [2.75, 3.05) is 34.4 Å². The molecule has 1 saturated heterocycles. The van der Waals surface area contributed by atoms with Crippen LogP contribution in [-0.2, 0) is 0 Å². The van der Waals surface area contributed by atoms with Crippen LogP contribution in [0.1, 0.15) is 31.4 Å². The normalized spacial score (nSPS) is 19.4. The lowest BCUT2D eigenvalue weighted by molar-refractivity contribution is -0.0157. The molecule has 33 heavy (non-hydrogen) atoms. The van der Waals surface area contributed by atoms with Gasteiger partial charge >= 0.3 is 6.09 Å². The Morgan fingerprint density at radius 2 is 1.91 bits per heavy atom. The molecule has 1 fully saturated rings. The van der Waals surface area contributed by atoms with Crippen LogP contribution in [0.5, 0.6) is 17.2 Å². The standard InChI is InChI=1S/C23H28N4O6/c1-23(6-5-7-27(12-23)22(29)30)20(28)14-10-24-21-18(14)26-15(11-25-21)13-8-16(31-2)19(33-4)17(9-13)32-3/h8-11,20,28H,5-7,12H2,1-4H3,(H,24,25)(H,29,30). The molecule has 4 rings (SSSR count). The number of rotatable bonds is 6. The number of carboxylic acid groups (broad SMARTS) is 1. The van der Waals surface area contributed by atoms with Gasteiger partial charge in [0.1, 0.15) is 5.52 Å². The van der Waals surface area contributed by atoms with E-state index in [1.54, 1.807) is 38.7 Å². The van der Waals surface area contributed by atoms with E-state index in [0.717, 1.165) is 0 Å². The Morgan fingerprint density at radius 3 is 2.52 bits per heavy atom. The Balaban J connectivity index is 1.75. The zero-order chi connectivity index (χ0) is 23.8. The van der Waals surface area contributed by atoms with E-state index in [1.807, 2.05) is 6.92 Å². The Labute approximate surface area is 191 Å². The third-order valence-electron chi connectivity index (χ3n) is 6.32. The minimum absolute atomic E-state index is 0.246. The van der Waals surface area contributed by atoms with Crippen molar-refractivity contribution in [2.24, 2.45) is 5.41 Å². The molecule has 10 nitrogen and oxygen atoms in total. The molecule has 0 saturated carbocycles. The van der Waals surface area contributed by atoms with Gasteiger partial charge < -0.3 is 34.3 Å². The number of aromatic amines is 1. The summed E-state index contributed by atoms with van der Waals surface area (Å²) in [6.07, 6.45) is 2.81. The van der Waals surface area contributed by atoms with Crippen LogP contribution in [0.3, 0.4) is 0 Å². The molecule has 2 atom stereocenters. The third kappa shape index (κ3) is 4.02. The molecule has 2 unspecified atom stereocenters. The molecule has 1 aliphatic heterocycles. The zero-order valence-electron chi connectivity index (χ0n) is 19.1. The predicted octanol–water partition coefficient (Wildman–Crippen LogP) is 3.46. The minimum atomic E-state index is -0.975. The van der Waals surface area contributed by atoms with Crippen LogP contribution in [0, 0.1) is 5.41 Å². The van der Waals surface area contributed by atoms with Crippen LogP contribution in [-0.4, -0.2) is 70.6 Å². The second-order valence-electron chi connectivity index (χ2n) is 8.47. The van der Waals surface area contributed by atoms with E-state index in [-0.39, 0.29) is 6.54 Å². The number of fused-ring (bicyclic) bond motifs is 1. The van der Waals surface area contributed by atoms with Gasteiger partial charge in [0.05, 0.1) is 39.3 Å². The Morgan fingerprint density at radius 1 is 1.21 bits per heavy atom. The lowest BCUT2D eigenvalue weighted by Gasteiger charge is -2.42. The van der Waals surface area contributed by atoms with Gasteiger partial charge in [0.2, 0.25) is 5.75 Å². The molecular weight excluding hydrogens is 428 g/mol. The largest absolute Gasteiger partial charge is 0.493 e. The van der Waals surface area contributed by atoms with Gasteiger partial charge in [-0.05, 0) is 25.0 Å². The summed E-state index contributed by atoms with van der Waals surface area (Å²) in [7, 11) is 4.63. The van der Waals surface area contributed by atoms with Crippen LogP contribution >= 0.6 is 0 Å². The summed E-state index contributed by atoms with van der Waals surface area (Å²) < 4.78 is 16.3. The molecule has 0 aliphatic carbocycles. The number of carbonyl (C=O) groups is 1. The summed E-state index contributed by atoms with van der Waals surface area (Å²) in [4.78, 5) is 25.2. The highest BCUT2D eigenvalue weighted by atomic mass is 16.5. The lowest BCUT2D eigenvalue weighted by atomic mass is 9.75. The second-order valence-corrected chi connectivity index (χ2v) is 8.47. The maximum absolute atomic E-state index is 11.5. The lowest BCUT2D eigenvalue weighted by Crippen LogP contribution is -2.46. The van der Waals surface area contributed by atoms with E-state index in [0.29, 0.717) is 64.6 Å². The number of nitrogens with zero attached hydrogens (tertiary/aromatic N) is 3. The van der Waals surface area contributed by atoms with Crippen molar-refractivity contribution in [1.82, 2.24) is 19.9 Å². The van der Waals surface area contributed by atoms with Gasteiger partial charge in [-0.1, -0.05) is 6.92 Å². The van der Waals surface area contributed by atoms with Crippen molar-refractivity contribution in [3.63, 3.8) is 0 Å². The van der Waals surface area contributed by atoms with Crippen molar-refractivity contribution in [3.8, 4) is 28.5 Å². The Kier molecular flexibility index (Phi) is 6.03. The van der Waals surface area contributed by atoms with E-state index in [2.05, 4.69) is 9.97 Å². The average Bonchev–Trinajstić information content (AvgIpc) is 3.25. The molecule has 1 aromatic carbocycles. The highest BCUT2D eigenvalue weighted by Gasteiger charge is 2.41. The van der Waals surface area contributed by atoms with Crippen molar-refractivity contribution in [2.45, 2.75) is 25.9 Å². The van der Waals surface area contributed by atoms with Crippen LogP contribution in [0.25, 0.3) is 22.4 Å². The van der Waals surface area contributed by atoms with Gasteiger partial charge in [-0.3, -0.25) is 0 Å². The van der Waals surface area contributed by atoms with Gasteiger partial charge in [-0.25, -0.2) is 14.8 Å². The number of ether oxygens (including phenoxy) is 3. The van der Waals surface area contributed by atoms with Crippen LogP contribution in [0.2, 0.25) is 0 Å². The minimum Gasteiger partial charge on any atom is -0.493 e. The fraction of sp³-hybridized carbons (Fsp3) is 0.435. The van der Waals surface area contributed by atoms with Crippen LogP contribution in [0.15, 0.2) is 24.5 Å². The van der Waals surface area contributed by atoms with Crippen LogP contribution in [0.4, 0.5) is 4.79 Å². The number of H-pyrrole nitrogens is 1. The molecule has 0 radical (unpaired) electrons. The first kappa shape index (κ1) is 22.7. The fourth-order valence-electron chi connectivity index (χ4n) is 4.52. The highest BCUT2D eigenvalue weighted by Crippen LogP contribution is 2.44. The molecule has 0 spiro atoms. The van der Waals surface area contributed by atoms with Gasteiger partial charge in [-0.2, -0.15) is 0 Å². The highest BCUT2D eigenvalue weighted by molar-refractivity contribution is 5.79. The number of aromatic nitrogens is 3. The number of nitrogens with one attached hydrogen (secondary N) is 1. The molecule has 176 valence electrons. The molecule has 3 aromatic rings. The van der Waals surface area contributed by atoms with Crippen molar-refractivity contribution in [3.05, 3.63) is 30.1 Å². The number of aliphatic hydroxyl groups is 1. The molecule has 10 heteroatoms. The summed E-state index contributed by atoms with van der Waals surface area (Å²) in [6.45, 7) is 2.62. The number of amides is 1. The van der Waals surface area contributed by atoms with Gasteiger partial charge in [-0.15, -0.1) is 0 Å². The number of benzene rings is 1. The monoisotopic (exact) mass is 456 g/mol. The quantitative estimate of drug-likeness (QED) is 0.514. The first-order valence-corrected chi connectivity index (χ1v) is 10.6. The SMILES string of the molecule is COc1cc(-c2cnc3[nH]cc(C(O)C4(C)CCCN(C(=O)O)C4)c3n2)cc(OC)c1OC. The fourth-order valence-corrected chi connectivity index (χ4v) is 4.52. The number of likely N-dealkylation sites (tertiary alicyclic amines) is 1. The topological polar surface area (TPSA) is 130 Å². The second kappa shape index (κ2) is 8.78. The van der Waals surface area contributed by atoms with Crippen molar-refractivity contribution >= 4 is 17.3 Å². The molecular formula is C23H28N4O6. The van der Waals surface area contributed by atoms with Gasteiger partial charge in [0.25, 0.3) is 0 Å². The van der Waals surface area contributed by atoms with E-state index >= 15 is 0 Å². The van der Waals surface area contributed by atoms with Crippen LogP contribution < -0.4 is 14.2 Å². The number of hydrogen-bond donors (Lipinski definition) is 3. The predicted molar refractivity (Wildman–Crippen MR) is 121 cm³/mol. The van der Waals surface area contributed by atoms with Crippen molar-refractivity contribution in [1.29, 1.82) is 0 Å². The number of piperidine rings is 1. The third-order valence-corrected chi connectivity index (χ3v) is 6.32. The first-order valence-electron chi connectivity index (χ1n) is 10.6. The summed E-state index contributed by atoms with van der Waals surface area (Å²) in [5, 5.41) is 20.7. The molecule has 0 bridgehead atoms. The summed E-state index contributed by atoms with van der Waals surface area (Å²) in [6, 6.07) is 3.57. The van der Waals surface area contributed by atoms with E-state index in [4.69, 9.17) is 19.2 Å². The van der Waals surface area contributed by atoms with E-state index < -0.39 is 17.6 Å². The number of hydrogen-bond acceptors (Lipinski definition) is 7. The Hall–Kier alpha value is -3.53. The molecule has 3 heterocycles. The molecule has 2 aromatic heterocycles. The average molecular weight is 456 g/mol. The Bertz CT molecular complexity index is 1150. The molecule has 1 amide bonds.